The third kappa shape index (κ3) is 8.30. The van der Waals surface area contributed by atoms with Gasteiger partial charge in [-0.1, -0.05) is 80.6 Å². The molecule has 7 heteroatoms. The normalized spacial score (nSPS) is 19.3. The molecular weight excluding hydrogens is 494 g/mol. The Morgan fingerprint density at radius 2 is 1.62 bits per heavy atom. The van der Waals surface area contributed by atoms with E-state index in [2.05, 4.69) is 26.0 Å². The lowest BCUT2D eigenvalue weighted by molar-refractivity contribution is -0.270. The molecule has 0 aromatic heterocycles. The largest absolute Gasteiger partial charge is 0.530 e. The summed E-state index contributed by atoms with van der Waals surface area (Å²) in [7, 11) is 0. The number of nitrogens with zero attached hydrogens (tertiary/aromatic N) is 1. The van der Waals surface area contributed by atoms with Gasteiger partial charge in [0.15, 0.2) is 0 Å². The van der Waals surface area contributed by atoms with E-state index in [1.54, 1.807) is 0 Å². The summed E-state index contributed by atoms with van der Waals surface area (Å²) in [5, 5.41) is 22.5. The molecule has 1 heterocycles. The average Bonchev–Trinajstić information content (AvgIpc) is 2.94. The first-order valence-electron chi connectivity index (χ1n) is 13.6. The first-order chi connectivity index (χ1) is 18.9. The van der Waals surface area contributed by atoms with E-state index in [1.165, 1.54) is 5.56 Å². The van der Waals surface area contributed by atoms with Crippen molar-refractivity contribution in [1.82, 2.24) is 4.90 Å². The van der Waals surface area contributed by atoms with Crippen molar-refractivity contribution < 1.29 is 29.2 Å². The van der Waals surface area contributed by atoms with Crippen LogP contribution < -0.4 is 9.84 Å². The minimum Gasteiger partial charge on any atom is -0.530 e. The summed E-state index contributed by atoms with van der Waals surface area (Å²) in [4.78, 5) is 12.7. The van der Waals surface area contributed by atoms with Gasteiger partial charge in [-0.05, 0) is 40.3 Å². The second kappa shape index (κ2) is 14.1. The Labute approximate surface area is 230 Å². The molecule has 0 radical (unpaired) electrons. The number of rotatable bonds is 12. The van der Waals surface area contributed by atoms with E-state index in [9.17, 15) is 15.0 Å². The van der Waals surface area contributed by atoms with E-state index in [4.69, 9.17) is 14.2 Å². The van der Waals surface area contributed by atoms with Crippen LogP contribution in [-0.2, 0) is 22.7 Å². The maximum absolute atomic E-state index is 11.6. The zero-order chi connectivity index (χ0) is 27.6. The van der Waals surface area contributed by atoms with Crippen molar-refractivity contribution in [2.24, 2.45) is 0 Å². The van der Waals surface area contributed by atoms with Gasteiger partial charge in [0, 0.05) is 25.4 Å². The Morgan fingerprint density at radius 1 is 0.923 bits per heavy atom. The Bertz CT molecular complexity index is 1150. The zero-order valence-corrected chi connectivity index (χ0v) is 22.7. The van der Waals surface area contributed by atoms with Crippen molar-refractivity contribution in [3.8, 4) is 5.75 Å². The minimum atomic E-state index is -1.31. The lowest BCUT2D eigenvalue weighted by Gasteiger charge is -2.43. The highest BCUT2D eigenvalue weighted by atomic mass is 16.5. The number of carboxylic acid groups (broad SMARTS) is 1. The highest BCUT2D eigenvalue weighted by Gasteiger charge is 2.38. The second-order valence-electron chi connectivity index (χ2n) is 10.3. The molecule has 208 valence electrons. The van der Waals surface area contributed by atoms with Crippen LogP contribution in [0.2, 0.25) is 0 Å². The number of likely N-dealkylation sites (tertiary alicyclic amines) is 1. The number of ether oxygens (including phenoxy) is 3. The molecule has 3 aromatic carbocycles. The minimum absolute atomic E-state index is 0.0167. The van der Waals surface area contributed by atoms with Crippen LogP contribution in [0, 0.1) is 0 Å². The Balaban J connectivity index is 1.32. The summed E-state index contributed by atoms with van der Waals surface area (Å²) in [6, 6.07) is 25.9. The van der Waals surface area contributed by atoms with E-state index >= 15 is 0 Å². The van der Waals surface area contributed by atoms with Gasteiger partial charge in [0.1, 0.15) is 11.8 Å². The predicted octanol–water partition coefficient (Wildman–Crippen LogP) is 4.48. The molecule has 1 aliphatic heterocycles. The smallest absolute Gasteiger partial charge is 0.137 e. The summed E-state index contributed by atoms with van der Waals surface area (Å²) in [5.74, 6) is 0.788. The monoisotopic (exact) mass is 532 g/mol. The van der Waals surface area contributed by atoms with Gasteiger partial charge in [-0.2, -0.15) is 0 Å². The van der Waals surface area contributed by atoms with Crippen molar-refractivity contribution in [3.63, 3.8) is 0 Å². The molecule has 3 unspecified atom stereocenters. The van der Waals surface area contributed by atoms with Gasteiger partial charge in [0.2, 0.25) is 0 Å². The van der Waals surface area contributed by atoms with Gasteiger partial charge < -0.3 is 34.1 Å². The molecule has 0 spiro atoms. The van der Waals surface area contributed by atoms with Crippen LogP contribution in [0.3, 0.4) is 0 Å². The van der Waals surface area contributed by atoms with Crippen molar-refractivity contribution >= 4 is 6.09 Å². The molecule has 0 saturated carbocycles. The van der Waals surface area contributed by atoms with Crippen LogP contribution in [0.25, 0.3) is 0 Å². The topological polar surface area (TPSA) is 91.3 Å². The summed E-state index contributed by atoms with van der Waals surface area (Å²) in [6.45, 7) is 6.45. The zero-order valence-electron chi connectivity index (χ0n) is 22.7. The fourth-order valence-corrected chi connectivity index (χ4v) is 4.84. The fourth-order valence-electron chi connectivity index (χ4n) is 4.84. The van der Waals surface area contributed by atoms with Crippen LogP contribution >= 0.6 is 0 Å². The van der Waals surface area contributed by atoms with E-state index < -0.39 is 18.3 Å². The molecule has 1 saturated heterocycles. The Morgan fingerprint density at radius 3 is 2.28 bits per heavy atom. The third-order valence-corrected chi connectivity index (χ3v) is 7.07. The SMILES string of the molecule is CC(C)c1ccc(COC2CN(C(=O)[O-])CC(O)C2c2ccc(OCCCOCc3ccccc3)cc2)cc1. The molecule has 1 amide bonds. The van der Waals surface area contributed by atoms with Crippen LogP contribution in [0.15, 0.2) is 78.9 Å². The van der Waals surface area contributed by atoms with Crippen LogP contribution in [0.1, 0.15) is 54.4 Å². The van der Waals surface area contributed by atoms with Crippen LogP contribution in [-0.4, -0.2) is 54.6 Å². The van der Waals surface area contributed by atoms with Gasteiger partial charge >= 0.3 is 0 Å². The predicted molar refractivity (Wildman–Crippen MR) is 147 cm³/mol. The van der Waals surface area contributed by atoms with Crippen molar-refractivity contribution in [3.05, 3.63) is 101 Å². The molecule has 3 aromatic rings. The number of hydrogen-bond acceptors (Lipinski definition) is 6. The number of aliphatic hydroxyl groups is 1. The van der Waals surface area contributed by atoms with Gasteiger partial charge in [0.25, 0.3) is 0 Å². The first-order valence-corrected chi connectivity index (χ1v) is 13.6. The summed E-state index contributed by atoms with van der Waals surface area (Å²) in [6.07, 6.45) is -1.98. The first kappa shape index (κ1) is 28.6. The van der Waals surface area contributed by atoms with Crippen molar-refractivity contribution in [2.75, 3.05) is 26.3 Å². The molecule has 3 atom stereocenters. The Kier molecular flexibility index (Phi) is 10.4. The molecular formula is C32H38NO6-. The Hall–Kier alpha value is -3.39. The number of benzene rings is 3. The van der Waals surface area contributed by atoms with E-state index in [1.807, 2.05) is 66.7 Å². The molecule has 7 nitrogen and oxygen atoms in total. The van der Waals surface area contributed by atoms with E-state index in [0.717, 1.165) is 33.8 Å². The molecule has 1 fully saturated rings. The number of β-amino-alcohol motifs (C(OH)–C–C–N with tert-alkyl or cyclic N) is 1. The molecule has 4 rings (SSSR count). The van der Waals surface area contributed by atoms with E-state index in [0.29, 0.717) is 32.3 Å². The maximum atomic E-state index is 11.6. The summed E-state index contributed by atoms with van der Waals surface area (Å²) < 4.78 is 17.8. The average molecular weight is 533 g/mol. The molecule has 0 aliphatic carbocycles. The van der Waals surface area contributed by atoms with Crippen LogP contribution in [0.5, 0.6) is 5.75 Å². The summed E-state index contributed by atoms with van der Waals surface area (Å²) in [5.41, 5.74) is 4.26. The number of carbonyl (C=O) groups excluding carboxylic acids is 1. The number of aliphatic hydroxyl groups excluding tert-OH is 1. The highest BCUT2D eigenvalue weighted by Crippen LogP contribution is 2.32. The highest BCUT2D eigenvalue weighted by molar-refractivity contribution is 5.63. The molecule has 39 heavy (non-hydrogen) atoms. The summed E-state index contributed by atoms with van der Waals surface area (Å²) >= 11 is 0. The molecule has 1 N–H and O–H groups in total. The second-order valence-corrected chi connectivity index (χ2v) is 10.3. The number of amides is 1. The lowest BCUT2D eigenvalue weighted by atomic mass is 9.84. The fraction of sp³-hybridized carbons (Fsp3) is 0.406. The van der Waals surface area contributed by atoms with Crippen molar-refractivity contribution in [2.45, 2.75) is 57.5 Å². The van der Waals surface area contributed by atoms with Gasteiger partial charge in [-0.15, -0.1) is 0 Å². The maximum Gasteiger partial charge on any atom is 0.137 e. The van der Waals surface area contributed by atoms with Crippen molar-refractivity contribution in [1.29, 1.82) is 0 Å². The number of piperidine rings is 1. The third-order valence-electron chi connectivity index (χ3n) is 7.07. The molecule has 0 bridgehead atoms. The standard InChI is InChI=1S/C32H39NO6/c1-23(2)26-11-9-25(10-12-26)22-39-30-20-33(32(35)36)19-29(34)31(30)27-13-15-28(16-14-27)38-18-6-17-37-21-24-7-4-3-5-8-24/h3-5,7-16,23,29-31,34H,6,17-22H2,1-2H3,(H,35,36)/p-1. The quantitative estimate of drug-likeness (QED) is 0.346. The van der Waals surface area contributed by atoms with E-state index in [-0.39, 0.29) is 19.0 Å². The number of hydrogen-bond donors (Lipinski definition) is 1. The number of carbonyl (C=O) groups is 1. The van der Waals surface area contributed by atoms with Gasteiger partial charge in [-0.3, -0.25) is 0 Å². The van der Waals surface area contributed by atoms with Crippen LogP contribution in [0.4, 0.5) is 4.79 Å². The lowest BCUT2D eigenvalue weighted by Crippen LogP contribution is -2.56. The molecule has 1 aliphatic rings. The van der Waals surface area contributed by atoms with Gasteiger partial charge in [0.05, 0.1) is 38.6 Å². The van der Waals surface area contributed by atoms with Gasteiger partial charge in [-0.25, -0.2) is 0 Å².